The molecule has 2 aromatic rings. The first-order valence-corrected chi connectivity index (χ1v) is 6.89. The Hall–Kier alpha value is -1.85. The van der Waals surface area contributed by atoms with Gasteiger partial charge in [-0.3, -0.25) is 14.5 Å². The van der Waals surface area contributed by atoms with E-state index < -0.39 is 6.17 Å². The van der Waals surface area contributed by atoms with Crippen molar-refractivity contribution in [1.82, 2.24) is 4.90 Å². The number of imide groups is 1. The molecule has 2 N–H and O–H groups in total. The fourth-order valence-electron chi connectivity index (χ4n) is 2.28. The number of carbonyl (C=O) groups excluding carboxylic acids is 2. The first-order chi connectivity index (χ1) is 9.18. The Morgan fingerprint density at radius 1 is 1.11 bits per heavy atom. The minimum Gasteiger partial charge on any atom is -0.307 e. The summed E-state index contributed by atoms with van der Waals surface area (Å²) in [5.41, 5.74) is 6.91. The molecule has 1 fully saturated rings. The second-order valence-corrected chi connectivity index (χ2v) is 5.26. The molecule has 19 heavy (non-hydrogen) atoms. The molecule has 0 radical (unpaired) electrons. The summed E-state index contributed by atoms with van der Waals surface area (Å²) in [5.74, 6) is -0.0486. The van der Waals surface area contributed by atoms with Crippen LogP contribution in [0, 0.1) is 0 Å². The van der Waals surface area contributed by atoms with Crippen molar-refractivity contribution in [2.24, 2.45) is 5.73 Å². The standard InChI is InChI=1S/C14H12N2O2S/c15-13(16-12(17)8-19-14(16)18)11-7-3-5-9-4-1-2-6-10(9)11/h1-7,13H,8,15H2. The number of rotatable bonds is 2. The number of nitrogens with two attached hydrogens (primary N) is 1. The summed E-state index contributed by atoms with van der Waals surface area (Å²) >= 11 is 0.999. The molecule has 1 atom stereocenters. The molecule has 2 amide bonds. The van der Waals surface area contributed by atoms with Crippen LogP contribution in [0.3, 0.4) is 0 Å². The number of thioether (sulfide) groups is 1. The van der Waals surface area contributed by atoms with Crippen molar-refractivity contribution in [3.05, 3.63) is 48.0 Å². The maximum Gasteiger partial charge on any atom is 0.290 e. The van der Waals surface area contributed by atoms with Crippen molar-refractivity contribution in [2.45, 2.75) is 6.17 Å². The third kappa shape index (κ3) is 2.01. The summed E-state index contributed by atoms with van der Waals surface area (Å²) in [6, 6.07) is 13.5. The molecule has 96 valence electrons. The van der Waals surface area contributed by atoms with Crippen LogP contribution in [0.5, 0.6) is 0 Å². The lowest BCUT2D eigenvalue weighted by Crippen LogP contribution is -2.38. The Kier molecular flexibility index (Phi) is 3.00. The van der Waals surface area contributed by atoms with Crippen LogP contribution < -0.4 is 5.73 Å². The first kappa shape index (κ1) is 12.2. The van der Waals surface area contributed by atoms with E-state index in [1.54, 1.807) is 0 Å². The van der Waals surface area contributed by atoms with Gasteiger partial charge in [0, 0.05) is 0 Å². The second-order valence-electron chi connectivity index (χ2n) is 4.33. The van der Waals surface area contributed by atoms with Gasteiger partial charge in [-0.25, -0.2) is 0 Å². The average molecular weight is 272 g/mol. The summed E-state index contributed by atoms with van der Waals surface area (Å²) in [5, 5.41) is 1.74. The summed E-state index contributed by atoms with van der Waals surface area (Å²) in [7, 11) is 0. The van der Waals surface area contributed by atoms with Crippen molar-refractivity contribution >= 4 is 33.7 Å². The van der Waals surface area contributed by atoms with Crippen LogP contribution in [0.15, 0.2) is 42.5 Å². The Bertz CT molecular complexity index is 650. The quantitative estimate of drug-likeness (QED) is 0.912. The summed E-state index contributed by atoms with van der Waals surface area (Å²) in [6.07, 6.45) is -0.721. The van der Waals surface area contributed by atoms with Crippen LogP contribution in [-0.2, 0) is 4.79 Å². The molecule has 1 aliphatic heterocycles. The van der Waals surface area contributed by atoms with Crippen LogP contribution in [0.1, 0.15) is 11.7 Å². The number of benzene rings is 2. The van der Waals surface area contributed by atoms with Crippen molar-refractivity contribution in [1.29, 1.82) is 0 Å². The van der Waals surface area contributed by atoms with Crippen LogP contribution in [0.4, 0.5) is 4.79 Å². The Labute approximate surface area is 114 Å². The molecule has 4 nitrogen and oxygen atoms in total. The van der Waals surface area contributed by atoms with Gasteiger partial charge in [0.15, 0.2) is 0 Å². The maximum absolute atomic E-state index is 11.7. The summed E-state index contributed by atoms with van der Waals surface area (Å²) in [4.78, 5) is 24.6. The van der Waals surface area contributed by atoms with E-state index in [1.165, 1.54) is 0 Å². The third-order valence-electron chi connectivity index (χ3n) is 3.20. The van der Waals surface area contributed by atoms with Gasteiger partial charge in [-0.2, -0.15) is 0 Å². The minimum atomic E-state index is -0.721. The normalized spacial score (nSPS) is 17.2. The first-order valence-electron chi connectivity index (χ1n) is 5.90. The zero-order valence-electron chi connectivity index (χ0n) is 10.1. The van der Waals surface area contributed by atoms with Crippen LogP contribution >= 0.6 is 11.8 Å². The molecule has 5 heteroatoms. The molecule has 1 saturated heterocycles. The van der Waals surface area contributed by atoms with Crippen LogP contribution in [-0.4, -0.2) is 21.8 Å². The lowest BCUT2D eigenvalue weighted by Gasteiger charge is -2.23. The Morgan fingerprint density at radius 3 is 2.58 bits per heavy atom. The van der Waals surface area contributed by atoms with Gasteiger partial charge in [0.25, 0.3) is 5.24 Å². The van der Waals surface area contributed by atoms with Gasteiger partial charge < -0.3 is 5.73 Å². The summed E-state index contributed by atoms with van der Waals surface area (Å²) in [6.45, 7) is 0. The van der Waals surface area contributed by atoms with E-state index >= 15 is 0 Å². The third-order valence-corrected chi connectivity index (χ3v) is 4.04. The van der Waals surface area contributed by atoms with Crippen molar-refractivity contribution in [2.75, 3.05) is 5.75 Å². The molecule has 0 saturated carbocycles. The number of hydrogen-bond donors (Lipinski definition) is 1. The molecule has 2 aromatic carbocycles. The highest BCUT2D eigenvalue weighted by atomic mass is 32.2. The SMILES string of the molecule is NC(c1cccc2ccccc12)N1C(=O)CSC1=O. The van der Waals surface area contributed by atoms with Gasteiger partial charge in [0.2, 0.25) is 5.91 Å². The predicted molar refractivity (Wildman–Crippen MR) is 75.6 cm³/mol. The topological polar surface area (TPSA) is 63.4 Å². The number of fused-ring (bicyclic) bond motifs is 1. The molecule has 1 heterocycles. The lowest BCUT2D eigenvalue weighted by molar-refractivity contribution is -0.126. The highest BCUT2D eigenvalue weighted by Gasteiger charge is 2.35. The van der Waals surface area contributed by atoms with Gasteiger partial charge in [-0.15, -0.1) is 0 Å². The number of nitrogens with zero attached hydrogens (tertiary/aromatic N) is 1. The molecule has 1 aliphatic rings. The Morgan fingerprint density at radius 2 is 1.84 bits per heavy atom. The highest BCUT2D eigenvalue weighted by Crippen LogP contribution is 2.30. The smallest absolute Gasteiger partial charge is 0.290 e. The van der Waals surface area contributed by atoms with E-state index in [1.807, 2.05) is 42.5 Å². The van der Waals surface area contributed by atoms with Gasteiger partial charge in [-0.1, -0.05) is 54.2 Å². The van der Waals surface area contributed by atoms with Crippen LogP contribution in [0.25, 0.3) is 10.8 Å². The molecule has 0 bridgehead atoms. The van der Waals surface area contributed by atoms with Gasteiger partial charge in [-0.05, 0) is 16.3 Å². The number of amides is 2. The number of hydrogen-bond acceptors (Lipinski definition) is 4. The molecule has 0 aliphatic carbocycles. The van der Waals surface area contributed by atoms with E-state index in [9.17, 15) is 9.59 Å². The average Bonchev–Trinajstić information content (AvgIpc) is 2.77. The molecule has 0 aromatic heterocycles. The second kappa shape index (κ2) is 4.68. The fraction of sp³-hybridized carbons (Fsp3) is 0.143. The van der Waals surface area contributed by atoms with E-state index in [0.717, 1.165) is 33.0 Å². The van der Waals surface area contributed by atoms with Crippen molar-refractivity contribution in [3.8, 4) is 0 Å². The molecule has 0 spiro atoms. The molecular weight excluding hydrogens is 260 g/mol. The predicted octanol–water partition coefficient (Wildman–Crippen LogP) is 2.49. The van der Waals surface area contributed by atoms with E-state index in [-0.39, 0.29) is 16.9 Å². The largest absolute Gasteiger partial charge is 0.307 e. The zero-order valence-corrected chi connectivity index (χ0v) is 10.9. The zero-order chi connectivity index (χ0) is 13.4. The minimum absolute atomic E-state index is 0.178. The van der Waals surface area contributed by atoms with Gasteiger partial charge in [0.05, 0.1) is 5.75 Å². The van der Waals surface area contributed by atoms with Crippen molar-refractivity contribution in [3.63, 3.8) is 0 Å². The van der Waals surface area contributed by atoms with Gasteiger partial charge >= 0.3 is 0 Å². The van der Waals surface area contributed by atoms with E-state index in [0.29, 0.717) is 0 Å². The highest BCUT2D eigenvalue weighted by molar-refractivity contribution is 8.14. The fourth-order valence-corrected chi connectivity index (χ4v) is 3.02. The summed E-state index contributed by atoms with van der Waals surface area (Å²) < 4.78 is 0. The lowest BCUT2D eigenvalue weighted by atomic mass is 10.0. The number of carbonyl (C=O) groups is 2. The maximum atomic E-state index is 11.7. The Balaban J connectivity index is 2.09. The van der Waals surface area contributed by atoms with E-state index in [2.05, 4.69) is 0 Å². The monoisotopic (exact) mass is 272 g/mol. The molecule has 1 unspecified atom stereocenters. The van der Waals surface area contributed by atoms with E-state index in [4.69, 9.17) is 5.73 Å². The van der Waals surface area contributed by atoms with Gasteiger partial charge in [0.1, 0.15) is 6.17 Å². The molecule has 3 rings (SSSR count). The van der Waals surface area contributed by atoms with Crippen molar-refractivity contribution < 1.29 is 9.59 Å². The van der Waals surface area contributed by atoms with Crippen LogP contribution in [0.2, 0.25) is 0 Å². The molecular formula is C14H12N2O2S.